The molecule has 0 aliphatic carbocycles. The van der Waals surface area contributed by atoms with Crippen LogP contribution in [0.5, 0.6) is 0 Å². The first-order valence-corrected chi connectivity index (χ1v) is 6.39. The van der Waals surface area contributed by atoms with Gasteiger partial charge in [-0.05, 0) is 17.7 Å². The van der Waals surface area contributed by atoms with E-state index in [0.717, 1.165) is 0 Å². The summed E-state index contributed by atoms with van der Waals surface area (Å²) in [4.78, 5) is 22.8. The molecule has 7 heteroatoms. The van der Waals surface area contributed by atoms with E-state index in [0.29, 0.717) is 17.5 Å². The number of benzene rings is 1. The number of nitrogens with one attached hydrogen (secondary N) is 2. The molecule has 1 fully saturated rings. The smallest absolute Gasteiger partial charge is 0.321 e. The summed E-state index contributed by atoms with van der Waals surface area (Å²) in [5.41, 5.74) is 0.660. The fraction of sp³-hybridized carbons (Fsp3) is 0.385. The minimum Gasteiger partial charge on any atom is -0.347 e. The van der Waals surface area contributed by atoms with E-state index in [-0.39, 0.29) is 12.3 Å². The van der Waals surface area contributed by atoms with Crippen molar-refractivity contribution in [3.05, 3.63) is 34.9 Å². The van der Waals surface area contributed by atoms with E-state index in [9.17, 15) is 18.4 Å². The average molecular weight is 303 g/mol. The lowest BCUT2D eigenvalue weighted by Crippen LogP contribution is -2.45. The summed E-state index contributed by atoms with van der Waals surface area (Å²) in [5, 5.41) is 5.32. The van der Waals surface area contributed by atoms with Crippen LogP contribution in [-0.4, -0.2) is 23.8 Å². The Balaban J connectivity index is 2.19. The number of halogens is 3. The first-order valence-electron chi connectivity index (χ1n) is 6.01. The van der Waals surface area contributed by atoms with E-state index in [1.807, 2.05) is 0 Å². The minimum absolute atomic E-state index is 0.0427. The number of hydrogen-bond donors (Lipinski definition) is 2. The molecule has 2 atom stereocenters. The molecule has 0 spiro atoms. The van der Waals surface area contributed by atoms with Gasteiger partial charge in [0.2, 0.25) is 5.91 Å². The minimum atomic E-state index is -3.48. The zero-order chi connectivity index (χ0) is 14.9. The van der Waals surface area contributed by atoms with Gasteiger partial charge in [-0.1, -0.05) is 23.7 Å². The Morgan fingerprint density at radius 1 is 1.50 bits per heavy atom. The summed E-state index contributed by atoms with van der Waals surface area (Å²) in [7, 11) is 0. The van der Waals surface area contributed by atoms with Gasteiger partial charge in [-0.3, -0.25) is 9.59 Å². The van der Waals surface area contributed by atoms with Gasteiger partial charge in [0.05, 0.1) is 12.1 Å². The molecule has 1 heterocycles. The standard InChI is InChI=1S/C13H13ClF2N2O2/c1-13(15,16)12(20)17-9-6-10(19)18-11(9)7-3-2-4-8(14)5-7/h2-5,9,11H,6H2,1H3,(H,17,20)(H,18,19). The maximum absolute atomic E-state index is 12.9. The highest BCUT2D eigenvalue weighted by Crippen LogP contribution is 2.27. The number of carbonyl (C=O) groups excluding carboxylic acids is 2. The maximum atomic E-state index is 12.9. The van der Waals surface area contributed by atoms with E-state index in [2.05, 4.69) is 10.6 Å². The molecule has 1 aliphatic heterocycles. The molecule has 2 N–H and O–H groups in total. The first kappa shape index (κ1) is 14.7. The van der Waals surface area contributed by atoms with Crippen LogP contribution in [0.4, 0.5) is 8.78 Å². The Bertz CT molecular complexity index is 545. The third kappa shape index (κ3) is 3.25. The van der Waals surface area contributed by atoms with Crippen LogP contribution in [0.3, 0.4) is 0 Å². The highest BCUT2D eigenvalue weighted by atomic mass is 35.5. The van der Waals surface area contributed by atoms with Gasteiger partial charge in [0, 0.05) is 18.4 Å². The molecule has 1 aliphatic rings. The van der Waals surface area contributed by atoms with Crippen molar-refractivity contribution in [1.82, 2.24) is 10.6 Å². The van der Waals surface area contributed by atoms with Crippen LogP contribution >= 0.6 is 11.6 Å². The number of hydrogen-bond acceptors (Lipinski definition) is 2. The van der Waals surface area contributed by atoms with Crippen molar-refractivity contribution in [2.45, 2.75) is 31.4 Å². The first-order chi connectivity index (χ1) is 9.27. The Morgan fingerprint density at radius 3 is 2.80 bits per heavy atom. The third-order valence-corrected chi connectivity index (χ3v) is 3.28. The van der Waals surface area contributed by atoms with Crippen molar-refractivity contribution < 1.29 is 18.4 Å². The van der Waals surface area contributed by atoms with Gasteiger partial charge in [-0.25, -0.2) is 0 Å². The van der Waals surface area contributed by atoms with Crippen molar-refractivity contribution in [3.63, 3.8) is 0 Å². The molecule has 2 rings (SSSR count). The van der Waals surface area contributed by atoms with Gasteiger partial charge < -0.3 is 10.6 Å². The van der Waals surface area contributed by atoms with Gasteiger partial charge in [0.25, 0.3) is 5.91 Å². The van der Waals surface area contributed by atoms with Gasteiger partial charge in [0.1, 0.15) is 0 Å². The number of carbonyl (C=O) groups is 2. The van der Waals surface area contributed by atoms with Gasteiger partial charge >= 0.3 is 5.92 Å². The van der Waals surface area contributed by atoms with Crippen molar-refractivity contribution in [1.29, 1.82) is 0 Å². The van der Waals surface area contributed by atoms with E-state index in [4.69, 9.17) is 11.6 Å². The van der Waals surface area contributed by atoms with Crippen LogP contribution in [0.2, 0.25) is 5.02 Å². The average Bonchev–Trinajstić information content (AvgIpc) is 2.69. The summed E-state index contributed by atoms with van der Waals surface area (Å²) in [6, 6.07) is 5.41. The summed E-state index contributed by atoms with van der Waals surface area (Å²) < 4.78 is 25.8. The molecule has 108 valence electrons. The molecule has 2 unspecified atom stereocenters. The van der Waals surface area contributed by atoms with Crippen molar-refractivity contribution in [2.75, 3.05) is 0 Å². The van der Waals surface area contributed by atoms with Crippen molar-refractivity contribution >= 4 is 23.4 Å². The highest BCUT2D eigenvalue weighted by molar-refractivity contribution is 6.30. The van der Waals surface area contributed by atoms with Crippen LogP contribution in [0, 0.1) is 0 Å². The molecular weight excluding hydrogens is 290 g/mol. The molecule has 0 radical (unpaired) electrons. The summed E-state index contributed by atoms with van der Waals surface area (Å²) in [5.74, 6) is -5.18. The Kier molecular flexibility index (Phi) is 3.94. The van der Waals surface area contributed by atoms with E-state index < -0.39 is 23.9 Å². The normalized spacial score (nSPS) is 22.5. The zero-order valence-electron chi connectivity index (χ0n) is 10.6. The molecule has 1 aromatic carbocycles. The zero-order valence-corrected chi connectivity index (χ0v) is 11.4. The Labute approximate surface area is 119 Å². The lowest BCUT2D eigenvalue weighted by Gasteiger charge is -2.22. The van der Waals surface area contributed by atoms with Gasteiger partial charge in [-0.2, -0.15) is 8.78 Å². The second kappa shape index (κ2) is 5.36. The quantitative estimate of drug-likeness (QED) is 0.898. The summed E-state index contributed by atoms with van der Waals surface area (Å²) >= 11 is 5.87. The molecule has 1 aromatic rings. The van der Waals surface area contributed by atoms with Gasteiger partial charge in [0.15, 0.2) is 0 Å². The Morgan fingerprint density at radius 2 is 2.20 bits per heavy atom. The van der Waals surface area contributed by atoms with E-state index >= 15 is 0 Å². The predicted octanol–water partition coefficient (Wildman–Crippen LogP) is 2.04. The van der Waals surface area contributed by atoms with Crippen LogP contribution in [0.1, 0.15) is 24.9 Å². The fourth-order valence-electron chi connectivity index (χ4n) is 2.10. The maximum Gasteiger partial charge on any atom is 0.321 e. The van der Waals surface area contributed by atoms with Gasteiger partial charge in [-0.15, -0.1) is 0 Å². The largest absolute Gasteiger partial charge is 0.347 e. The predicted molar refractivity (Wildman–Crippen MR) is 69.5 cm³/mol. The van der Waals surface area contributed by atoms with E-state index in [1.54, 1.807) is 24.3 Å². The van der Waals surface area contributed by atoms with Crippen LogP contribution in [0.15, 0.2) is 24.3 Å². The molecule has 1 saturated heterocycles. The molecule has 4 nitrogen and oxygen atoms in total. The highest BCUT2D eigenvalue weighted by Gasteiger charge is 2.39. The molecule has 20 heavy (non-hydrogen) atoms. The second-order valence-corrected chi connectivity index (χ2v) is 5.21. The molecule has 0 bridgehead atoms. The Hall–Kier alpha value is -1.69. The monoisotopic (exact) mass is 302 g/mol. The molecule has 2 amide bonds. The third-order valence-electron chi connectivity index (χ3n) is 3.05. The number of amides is 2. The number of rotatable bonds is 3. The SMILES string of the molecule is CC(F)(F)C(=O)NC1CC(=O)NC1c1cccc(Cl)c1. The summed E-state index contributed by atoms with van der Waals surface area (Å²) in [6.45, 7) is 0.515. The fourth-order valence-corrected chi connectivity index (χ4v) is 2.29. The van der Waals surface area contributed by atoms with Crippen molar-refractivity contribution in [3.8, 4) is 0 Å². The summed E-state index contributed by atoms with van der Waals surface area (Å²) in [6.07, 6.45) is -0.0427. The topological polar surface area (TPSA) is 58.2 Å². The molecule has 0 aromatic heterocycles. The van der Waals surface area contributed by atoms with Crippen LogP contribution in [-0.2, 0) is 9.59 Å². The molecule has 0 saturated carbocycles. The lowest BCUT2D eigenvalue weighted by molar-refractivity contribution is -0.143. The van der Waals surface area contributed by atoms with E-state index in [1.165, 1.54) is 0 Å². The van der Waals surface area contributed by atoms with Crippen LogP contribution in [0.25, 0.3) is 0 Å². The molecular formula is C13H13ClF2N2O2. The van der Waals surface area contributed by atoms with Crippen LogP contribution < -0.4 is 10.6 Å². The lowest BCUT2D eigenvalue weighted by atomic mass is 10.0. The number of alkyl halides is 2. The second-order valence-electron chi connectivity index (χ2n) is 4.77. The van der Waals surface area contributed by atoms with Crippen molar-refractivity contribution in [2.24, 2.45) is 0 Å².